The van der Waals surface area contributed by atoms with Crippen LogP contribution in [0, 0.1) is 0 Å². The van der Waals surface area contributed by atoms with Crippen LogP contribution in [0.15, 0.2) is 0 Å². The number of esters is 3. The van der Waals surface area contributed by atoms with E-state index in [0.717, 1.165) is 12.0 Å². The summed E-state index contributed by atoms with van der Waals surface area (Å²) < 4.78 is 13.2. The van der Waals surface area contributed by atoms with Gasteiger partial charge in [0, 0.05) is 6.54 Å². The summed E-state index contributed by atoms with van der Waals surface area (Å²) in [5.41, 5.74) is 0. The summed E-state index contributed by atoms with van der Waals surface area (Å²) in [5, 5.41) is 0. The Bertz CT molecular complexity index is 353. The van der Waals surface area contributed by atoms with Crippen LogP contribution in [0.2, 0.25) is 0 Å². The third kappa shape index (κ3) is 7.02. The molecule has 0 radical (unpaired) electrons. The second-order valence-electron chi connectivity index (χ2n) is 3.47. The Balaban J connectivity index is 4.55. The zero-order valence-electron chi connectivity index (χ0n) is 11.1. The lowest BCUT2D eigenvalue weighted by molar-refractivity contribution is -0.152. The lowest BCUT2D eigenvalue weighted by atomic mass is 10.3. The Kier molecular flexibility index (Phi) is 7.90. The number of carbonyl (C=O) groups excluding carboxylic acids is 4. The van der Waals surface area contributed by atoms with Crippen LogP contribution in [0.25, 0.3) is 0 Å². The van der Waals surface area contributed by atoms with Crippen molar-refractivity contribution < 1.29 is 33.4 Å². The van der Waals surface area contributed by atoms with Gasteiger partial charge < -0.3 is 19.1 Å². The molecule has 0 aromatic carbocycles. The zero-order valence-corrected chi connectivity index (χ0v) is 11.1. The van der Waals surface area contributed by atoms with Gasteiger partial charge in [0.25, 0.3) is 0 Å². The van der Waals surface area contributed by atoms with Gasteiger partial charge in [-0.2, -0.15) is 0 Å². The Morgan fingerprint density at radius 1 is 0.842 bits per heavy atom. The first kappa shape index (κ1) is 16.9. The summed E-state index contributed by atoms with van der Waals surface area (Å²) >= 11 is 0. The molecule has 0 heterocycles. The van der Waals surface area contributed by atoms with Gasteiger partial charge in [-0.15, -0.1) is 0 Å². The van der Waals surface area contributed by atoms with Crippen molar-refractivity contribution in [3.8, 4) is 0 Å². The van der Waals surface area contributed by atoms with Gasteiger partial charge in [0.2, 0.25) is 5.91 Å². The van der Waals surface area contributed by atoms with Crippen molar-refractivity contribution in [2.24, 2.45) is 0 Å². The Morgan fingerprint density at radius 2 is 1.37 bits per heavy atom. The molecule has 0 bridgehead atoms. The number of amides is 1. The van der Waals surface area contributed by atoms with E-state index in [-0.39, 0.29) is 19.5 Å². The predicted molar refractivity (Wildman–Crippen MR) is 61.9 cm³/mol. The van der Waals surface area contributed by atoms with Crippen molar-refractivity contribution in [3.05, 3.63) is 0 Å². The van der Waals surface area contributed by atoms with Gasteiger partial charge in [-0.1, -0.05) is 0 Å². The van der Waals surface area contributed by atoms with Crippen molar-refractivity contribution in [1.82, 2.24) is 4.90 Å². The van der Waals surface area contributed by atoms with Crippen molar-refractivity contribution in [1.29, 1.82) is 0 Å². The highest BCUT2D eigenvalue weighted by molar-refractivity contribution is 5.95. The molecule has 0 unspecified atom stereocenters. The summed E-state index contributed by atoms with van der Waals surface area (Å²) in [6.07, 6.45) is -0.588. The third-order valence-electron chi connectivity index (χ3n) is 2.24. The van der Waals surface area contributed by atoms with Crippen LogP contribution in [0.1, 0.15) is 12.8 Å². The minimum atomic E-state index is -0.724. The van der Waals surface area contributed by atoms with Crippen LogP contribution in [0.4, 0.5) is 0 Å². The molecular weight excluding hydrogens is 258 g/mol. The predicted octanol–water partition coefficient (Wildman–Crippen LogP) is -0.886. The SMILES string of the molecule is COC(=O)CCN(CC(=O)OC)C(=O)CC(=O)OC. The largest absolute Gasteiger partial charge is 0.469 e. The van der Waals surface area contributed by atoms with Gasteiger partial charge in [-0.3, -0.25) is 19.2 Å². The van der Waals surface area contributed by atoms with E-state index in [9.17, 15) is 19.2 Å². The Hall–Kier alpha value is -2.12. The number of hydrogen-bond acceptors (Lipinski definition) is 7. The molecule has 0 aromatic rings. The molecule has 0 saturated heterocycles. The topological polar surface area (TPSA) is 99.2 Å². The molecule has 0 spiro atoms. The second-order valence-corrected chi connectivity index (χ2v) is 3.47. The summed E-state index contributed by atoms with van der Waals surface area (Å²) in [6.45, 7) is -0.388. The van der Waals surface area contributed by atoms with Crippen LogP contribution >= 0.6 is 0 Å². The number of methoxy groups -OCH3 is 3. The number of nitrogens with zero attached hydrogens (tertiary/aromatic N) is 1. The Morgan fingerprint density at radius 3 is 1.84 bits per heavy atom. The molecule has 0 rings (SSSR count). The highest BCUT2D eigenvalue weighted by atomic mass is 16.5. The van der Waals surface area contributed by atoms with E-state index in [1.54, 1.807) is 0 Å². The van der Waals surface area contributed by atoms with Gasteiger partial charge >= 0.3 is 17.9 Å². The fourth-order valence-corrected chi connectivity index (χ4v) is 1.15. The number of hydrogen-bond donors (Lipinski definition) is 0. The van der Waals surface area contributed by atoms with Crippen LogP contribution in [0.5, 0.6) is 0 Å². The minimum absolute atomic E-state index is 0.0440. The summed E-state index contributed by atoms with van der Waals surface area (Å²) in [7, 11) is 3.53. The first-order valence-corrected chi connectivity index (χ1v) is 5.42. The number of ether oxygens (including phenoxy) is 3. The zero-order chi connectivity index (χ0) is 14.8. The molecule has 1 amide bonds. The molecule has 0 fully saturated rings. The van der Waals surface area contributed by atoms with E-state index in [1.165, 1.54) is 14.2 Å². The van der Waals surface area contributed by atoms with E-state index < -0.39 is 30.2 Å². The third-order valence-corrected chi connectivity index (χ3v) is 2.24. The molecule has 8 nitrogen and oxygen atoms in total. The first-order chi connectivity index (χ1) is 8.94. The van der Waals surface area contributed by atoms with Crippen molar-refractivity contribution in [3.63, 3.8) is 0 Å². The molecule has 0 saturated carbocycles. The highest BCUT2D eigenvalue weighted by Crippen LogP contribution is 2.00. The fourth-order valence-electron chi connectivity index (χ4n) is 1.15. The van der Waals surface area contributed by atoms with E-state index in [2.05, 4.69) is 14.2 Å². The van der Waals surface area contributed by atoms with Crippen LogP contribution in [-0.2, 0) is 33.4 Å². The van der Waals surface area contributed by atoms with Crippen molar-refractivity contribution in [2.45, 2.75) is 12.8 Å². The second kappa shape index (κ2) is 8.90. The quantitative estimate of drug-likeness (QED) is 0.338. The van der Waals surface area contributed by atoms with Gasteiger partial charge in [-0.25, -0.2) is 0 Å². The van der Waals surface area contributed by atoms with Gasteiger partial charge in [-0.05, 0) is 0 Å². The minimum Gasteiger partial charge on any atom is -0.469 e. The van der Waals surface area contributed by atoms with E-state index in [1.807, 2.05) is 0 Å². The van der Waals surface area contributed by atoms with Crippen molar-refractivity contribution in [2.75, 3.05) is 34.4 Å². The highest BCUT2D eigenvalue weighted by Gasteiger charge is 2.21. The maximum absolute atomic E-state index is 11.7. The molecule has 19 heavy (non-hydrogen) atoms. The number of carbonyl (C=O) groups is 4. The van der Waals surface area contributed by atoms with Crippen LogP contribution < -0.4 is 0 Å². The molecule has 0 N–H and O–H groups in total. The normalized spacial score (nSPS) is 9.42. The van der Waals surface area contributed by atoms with Crippen LogP contribution in [-0.4, -0.2) is 63.1 Å². The average Bonchev–Trinajstić information content (AvgIpc) is 2.41. The van der Waals surface area contributed by atoms with E-state index >= 15 is 0 Å². The maximum atomic E-state index is 11.7. The summed E-state index contributed by atoms with van der Waals surface area (Å²) in [6, 6.07) is 0. The monoisotopic (exact) mass is 275 g/mol. The average molecular weight is 275 g/mol. The standard InChI is InChI=1S/C11H17NO7/c1-17-9(14)4-5-12(7-11(16)19-3)8(13)6-10(15)18-2/h4-7H2,1-3H3. The molecule has 108 valence electrons. The first-order valence-electron chi connectivity index (χ1n) is 5.42. The van der Waals surface area contributed by atoms with Crippen LogP contribution in [0.3, 0.4) is 0 Å². The summed E-state index contributed by atoms with van der Waals surface area (Å²) in [4.78, 5) is 45.9. The van der Waals surface area contributed by atoms with Crippen molar-refractivity contribution >= 4 is 23.8 Å². The summed E-state index contributed by atoms with van der Waals surface area (Å²) in [5.74, 6) is -2.53. The van der Waals surface area contributed by atoms with E-state index in [4.69, 9.17) is 0 Å². The molecule has 0 aliphatic rings. The fraction of sp³-hybridized carbons (Fsp3) is 0.636. The smallest absolute Gasteiger partial charge is 0.325 e. The molecular formula is C11H17NO7. The molecule has 0 aromatic heterocycles. The molecule has 0 atom stereocenters. The Labute approximate surface area is 110 Å². The lowest BCUT2D eigenvalue weighted by Crippen LogP contribution is -2.38. The maximum Gasteiger partial charge on any atom is 0.325 e. The van der Waals surface area contributed by atoms with E-state index in [0.29, 0.717) is 0 Å². The molecule has 0 aliphatic carbocycles. The number of rotatable bonds is 7. The molecule has 8 heteroatoms. The van der Waals surface area contributed by atoms with Gasteiger partial charge in [0.1, 0.15) is 13.0 Å². The lowest BCUT2D eigenvalue weighted by Gasteiger charge is -2.20. The van der Waals surface area contributed by atoms with Gasteiger partial charge in [0.05, 0.1) is 27.8 Å². The van der Waals surface area contributed by atoms with Gasteiger partial charge in [0.15, 0.2) is 0 Å². The molecule has 0 aliphatic heterocycles.